The van der Waals surface area contributed by atoms with Crippen molar-refractivity contribution < 1.29 is 0 Å². The van der Waals surface area contributed by atoms with Gasteiger partial charge in [-0.15, -0.1) is 0 Å². The Hall–Kier alpha value is -0.560. The molecule has 0 amide bonds. The largest absolute Gasteiger partial charge is 0.324 e. The smallest absolute Gasteiger partial charge is 0.0291 e. The van der Waals surface area contributed by atoms with E-state index in [1.54, 1.807) is 0 Å². The zero-order valence-corrected chi connectivity index (χ0v) is 10.3. The minimum absolute atomic E-state index is 0.190. The molecule has 0 saturated heterocycles. The number of nitrogens with two attached hydrogens (primary N) is 1. The Kier molecular flexibility index (Phi) is 5.78. The Balaban J connectivity index is 4.13. The summed E-state index contributed by atoms with van der Waals surface area (Å²) in [6.45, 7) is 10.8. The molecule has 0 unspecified atom stereocenters. The van der Waals surface area contributed by atoms with Crippen LogP contribution in [0.15, 0.2) is 23.8 Å². The molecule has 0 heterocycles. The first kappa shape index (κ1) is 13.4. The molecule has 2 N–H and O–H groups in total. The maximum absolute atomic E-state index is 6.10. The second-order valence-corrected chi connectivity index (χ2v) is 4.99. The summed E-state index contributed by atoms with van der Waals surface area (Å²) >= 11 is 0. The second-order valence-electron chi connectivity index (χ2n) is 4.99. The van der Waals surface area contributed by atoms with Crippen molar-refractivity contribution in [1.82, 2.24) is 0 Å². The minimum Gasteiger partial charge on any atom is -0.324 e. The van der Waals surface area contributed by atoms with Crippen LogP contribution in [0.2, 0.25) is 0 Å². The molecule has 0 spiro atoms. The summed E-state index contributed by atoms with van der Waals surface area (Å²) in [7, 11) is 0. The molecular weight excluding hydrogens is 170 g/mol. The van der Waals surface area contributed by atoms with E-state index in [0.717, 1.165) is 6.42 Å². The van der Waals surface area contributed by atoms with Crippen molar-refractivity contribution in [3.63, 3.8) is 0 Å². The molecule has 0 aromatic rings. The lowest BCUT2D eigenvalue weighted by Crippen LogP contribution is -2.23. The molecule has 82 valence electrons. The van der Waals surface area contributed by atoms with Gasteiger partial charge in [0.2, 0.25) is 0 Å². The van der Waals surface area contributed by atoms with Gasteiger partial charge in [-0.1, -0.05) is 39.0 Å². The van der Waals surface area contributed by atoms with Crippen molar-refractivity contribution in [3.05, 3.63) is 23.8 Å². The SMILES string of the molecule is C/C=C\C(=C/C)[C@H](N)CCC(C)(C)C. The van der Waals surface area contributed by atoms with Crippen LogP contribution in [0.4, 0.5) is 0 Å². The second kappa shape index (κ2) is 6.02. The van der Waals surface area contributed by atoms with Crippen molar-refractivity contribution in [3.8, 4) is 0 Å². The summed E-state index contributed by atoms with van der Waals surface area (Å²) in [5.74, 6) is 0. The summed E-state index contributed by atoms with van der Waals surface area (Å²) in [6.07, 6.45) is 8.49. The monoisotopic (exact) mass is 195 g/mol. The molecule has 0 aliphatic heterocycles. The van der Waals surface area contributed by atoms with Crippen LogP contribution >= 0.6 is 0 Å². The van der Waals surface area contributed by atoms with E-state index in [1.807, 2.05) is 19.9 Å². The van der Waals surface area contributed by atoms with Gasteiger partial charge >= 0.3 is 0 Å². The highest BCUT2D eigenvalue weighted by atomic mass is 14.6. The van der Waals surface area contributed by atoms with E-state index in [1.165, 1.54) is 12.0 Å². The third-order valence-electron chi connectivity index (χ3n) is 2.33. The van der Waals surface area contributed by atoms with Gasteiger partial charge in [-0.3, -0.25) is 0 Å². The number of hydrogen-bond donors (Lipinski definition) is 1. The molecule has 1 atom stereocenters. The fourth-order valence-electron chi connectivity index (χ4n) is 1.38. The molecule has 1 heteroatoms. The molecule has 1 nitrogen and oxygen atoms in total. The summed E-state index contributed by atoms with van der Waals surface area (Å²) in [4.78, 5) is 0. The molecule has 0 bridgehead atoms. The van der Waals surface area contributed by atoms with Crippen molar-refractivity contribution in [2.75, 3.05) is 0 Å². The highest BCUT2D eigenvalue weighted by Crippen LogP contribution is 2.22. The van der Waals surface area contributed by atoms with Gasteiger partial charge in [0.25, 0.3) is 0 Å². The lowest BCUT2D eigenvalue weighted by Gasteiger charge is -2.21. The van der Waals surface area contributed by atoms with E-state index in [-0.39, 0.29) is 6.04 Å². The standard InChI is InChI=1S/C13H25N/c1-6-8-11(7-2)12(14)9-10-13(3,4)5/h6-8,12H,9-10,14H2,1-5H3/b8-6-,11-7+/t12-/m1/s1. The number of hydrogen-bond acceptors (Lipinski definition) is 1. The van der Waals surface area contributed by atoms with E-state index in [0.29, 0.717) is 5.41 Å². The molecule has 0 fully saturated rings. The highest BCUT2D eigenvalue weighted by molar-refractivity contribution is 5.23. The van der Waals surface area contributed by atoms with Gasteiger partial charge in [-0.25, -0.2) is 0 Å². The summed E-state index contributed by atoms with van der Waals surface area (Å²) < 4.78 is 0. The van der Waals surface area contributed by atoms with Crippen LogP contribution in [0.5, 0.6) is 0 Å². The van der Waals surface area contributed by atoms with Crippen LogP contribution in [0, 0.1) is 5.41 Å². The van der Waals surface area contributed by atoms with Gasteiger partial charge in [0.1, 0.15) is 0 Å². The van der Waals surface area contributed by atoms with Gasteiger partial charge in [0.05, 0.1) is 0 Å². The molecule has 0 aromatic heterocycles. The van der Waals surface area contributed by atoms with E-state index >= 15 is 0 Å². The first-order valence-electron chi connectivity index (χ1n) is 5.45. The van der Waals surface area contributed by atoms with Crippen molar-refractivity contribution in [2.45, 2.75) is 53.5 Å². The Labute approximate surface area is 89.1 Å². The van der Waals surface area contributed by atoms with E-state index < -0.39 is 0 Å². The van der Waals surface area contributed by atoms with Gasteiger partial charge in [-0.05, 0) is 37.7 Å². The minimum atomic E-state index is 0.190. The van der Waals surface area contributed by atoms with Crippen LogP contribution < -0.4 is 5.73 Å². The fourth-order valence-corrected chi connectivity index (χ4v) is 1.38. The third kappa shape index (κ3) is 5.98. The fraction of sp³-hybridized carbons (Fsp3) is 0.692. The Bertz CT molecular complexity index is 206. The van der Waals surface area contributed by atoms with Crippen LogP contribution in [0.25, 0.3) is 0 Å². The summed E-state index contributed by atoms with van der Waals surface area (Å²) in [5.41, 5.74) is 7.73. The van der Waals surface area contributed by atoms with Gasteiger partial charge in [0, 0.05) is 6.04 Å². The summed E-state index contributed by atoms with van der Waals surface area (Å²) in [5, 5.41) is 0. The lowest BCUT2D eigenvalue weighted by atomic mass is 9.87. The molecule has 0 aromatic carbocycles. The molecule has 0 radical (unpaired) electrons. The Morgan fingerprint density at radius 1 is 1.29 bits per heavy atom. The van der Waals surface area contributed by atoms with E-state index in [9.17, 15) is 0 Å². The normalized spacial score (nSPS) is 16.3. The first-order valence-corrected chi connectivity index (χ1v) is 5.45. The third-order valence-corrected chi connectivity index (χ3v) is 2.33. The molecule has 0 saturated carbocycles. The Morgan fingerprint density at radius 3 is 2.21 bits per heavy atom. The van der Waals surface area contributed by atoms with Gasteiger partial charge < -0.3 is 5.73 Å². The van der Waals surface area contributed by atoms with Crippen LogP contribution in [-0.4, -0.2) is 6.04 Å². The summed E-state index contributed by atoms with van der Waals surface area (Å²) in [6, 6.07) is 0.190. The van der Waals surface area contributed by atoms with Crippen LogP contribution in [0.1, 0.15) is 47.5 Å². The van der Waals surface area contributed by atoms with Crippen molar-refractivity contribution >= 4 is 0 Å². The molecule has 0 rings (SSSR count). The lowest BCUT2D eigenvalue weighted by molar-refractivity contribution is 0.356. The maximum atomic E-state index is 6.10. The number of rotatable bonds is 4. The van der Waals surface area contributed by atoms with E-state index in [2.05, 4.69) is 32.9 Å². The van der Waals surface area contributed by atoms with Crippen molar-refractivity contribution in [2.24, 2.45) is 11.1 Å². The van der Waals surface area contributed by atoms with E-state index in [4.69, 9.17) is 5.73 Å². The first-order chi connectivity index (χ1) is 6.40. The maximum Gasteiger partial charge on any atom is 0.0291 e. The van der Waals surface area contributed by atoms with Gasteiger partial charge in [-0.2, -0.15) is 0 Å². The molecule has 0 aliphatic carbocycles. The molecule has 14 heavy (non-hydrogen) atoms. The quantitative estimate of drug-likeness (QED) is 0.681. The molecule has 0 aliphatic rings. The Morgan fingerprint density at radius 2 is 1.86 bits per heavy atom. The predicted molar refractivity (Wildman–Crippen MR) is 65.2 cm³/mol. The number of allylic oxidation sites excluding steroid dienone is 2. The van der Waals surface area contributed by atoms with Gasteiger partial charge in [0.15, 0.2) is 0 Å². The zero-order chi connectivity index (χ0) is 11.2. The molecular formula is C13H25N. The average molecular weight is 195 g/mol. The van der Waals surface area contributed by atoms with Crippen LogP contribution in [-0.2, 0) is 0 Å². The zero-order valence-electron chi connectivity index (χ0n) is 10.3. The van der Waals surface area contributed by atoms with Crippen molar-refractivity contribution in [1.29, 1.82) is 0 Å². The van der Waals surface area contributed by atoms with Crippen LogP contribution in [0.3, 0.4) is 0 Å². The predicted octanol–water partition coefficient (Wildman–Crippen LogP) is 3.66. The average Bonchev–Trinajstić information content (AvgIpc) is 2.09. The highest BCUT2D eigenvalue weighted by Gasteiger charge is 2.13. The topological polar surface area (TPSA) is 26.0 Å².